The molecule has 178 valence electrons. The molecule has 2 heterocycles. The quantitative estimate of drug-likeness (QED) is 0.383. The Kier molecular flexibility index (Phi) is 6.77. The molecule has 0 saturated heterocycles. The van der Waals surface area contributed by atoms with Crippen LogP contribution in [0.5, 0.6) is 0 Å². The summed E-state index contributed by atoms with van der Waals surface area (Å²) in [5.41, 5.74) is 3.49. The second-order valence-corrected chi connectivity index (χ2v) is 8.72. The maximum atomic E-state index is 12.7. The summed E-state index contributed by atoms with van der Waals surface area (Å²) >= 11 is 1.34. The fraction of sp³-hybridized carbons (Fsp3) is 0.318. The van der Waals surface area contributed by atoms with E-state index in [9.17, 15) is 18.0 Å². The molecule has 4 aromatic rings. The topological polar surface area (TPSA) is 121 Å². The first-order chi connectivity index (χ1) is 16.2. The van der Waals surface area contributed by atoms with Gasteiger partial charge in [0, 0.05) is 17.5 Å². The largest absolute Gasteiger partial charge is 0.490 e. The van der Waals surface area contributed by atoms with Gasteiger partial charge in [0.25, 0.3) is 5.91 Å². The van der Waals surface area contributed by atoms with E-state index in [1.165, 1.54) is 11.5 Å². The standard InChI is InChI=1S/C20H19N5OS.C2HF3O2/c26-20(13-8-9-18-17(11-13)24-25-27-18)21-14-5-3-4-12(10-14)19-22-15-6-1-2-7-16(15)23-19;3-2(4,5)1(6)7/h1-2,6-9,11-12,14H,3-5,10H2,(H,21,26)(H,22,23);(H,6,7)/t12-,14+;/m0./s1. The molecule has 34 heavy (non-hydrogen) atoms. The second-order valence-electron chi connectivity index (χ2n) is 7.93. The van der Waals surface area contributed by atoms with E-state index >= 15 is 0 Å². The summed E-state index contributed by atoms with van der Waals surface area (Å²) in [5.74, 6) is -1.42. The lowest BCUT2D eigenvalue weighted by molar-refractivity contribution is -0.192. The van der Waals surface area contributed by atoms with Crippen molar-refractivity contribution in [1.82, 2.24) is 24.9 Å². The van der Waals surface area contributed by atoms with Gasteiger partial charge >= 0.3 is 12.1 Å². The predicted molar refractivity (Wildman–Crippen MR) is 120 cm³/mol. The number of imidazole rings is 1. The molecule has 1 aliphatic carbocycles. The number of nitrogens with zero attached hydrogens (tertiary/aromatic N) is 3. The van der Waals surface area contributed by atoms with Crippen molar-refractivity contribution < 1.29 is 27.9 Å². The first kappa shape index (κ1) is 23.6. The number of carbonyl (C=O) groups is 2. The predicted octanol–water partition coefficient (Wildman–Crippen LogP) is 4.66. The van der Waals surface area contributed by atoms with Gasteiger partial charge in [-0.15, -0.1) is 5.10 Å². The Morgan fingerprint density at radius 1 is 1.12 bits per heavy atom. The van der Waals surface area contributed by atoms with Crippen LogP contribution in [-0.2, 0) is 4.79 Å². The lowest BCUT2D eigenvalue weighted by Gasteiger charge is -2.28. The highest BCUT2D eigenvalue weighted by Gasteiger charge is 2.38. The summed E-state index contributed by atoms with van der Waals surface area (Å²) in [7, 11) is 0. The molecule has 5 rings (SSSR count). The third-order valence-electron chi connectivity index (χ3n) is 5.56. The van der Waals surface area contributed by atoms with Crippen LogP contribution in [0.15, 0.2) is 42.5 Å². The number of aromatic amines is 1. The van der Waals surface area contributed by atoms with Crippen LogP contribution in [-0.4, -0.2) is 48.8 Å². The molecule has 3 N–H and O–H groups in total. The summed E-state index contributed by atoms with van der Waals surface area (Å²) < 4.78 is 36.7. The monoisotopic (exact) mass is 491 g/mol. The number of aliphatic carboxylic acids is 1. The molecule has 0 aliphatic heterocycles. The number of aromatic nitrogens is 4. The first-order valence-electron chi connectivity index (χ1n) is 10.5. The summed E-state index contributed by atoms with van der Waals surface area (Å²) in [6.07, 6.45) is -0.987. The van der Waals surface area contributed by atoms with Crippen LogP contribution in [0.1, 0.15) is 47.8 Å². The van der Waals surface area contributed by atoms with Gasteiger partial charge < -0.3 is 15.4 Å². The van der Waals surface area contributed by atoms with Crippen LogP contribution in [0, 0.1) is 0 Å². The van der Waals surface area contributed by atoms with E-state index in [4.69, 9.17) is 14.9 Å². The van der Waals surface area contributed by atoms with Crippen LogP contribution in [0.2, 0.25) is 0 Å². The molecule has 12 heteroatoms. The number of hydrogen-bond acceptors (Lipinski definition) is 6. The number of fused-ring (bicyclic) bond motifs is 2. The van der Waals surface area contributed by atoms with Crippen LogP contribution >= 0.6 is 11.5 Å². The number of H-pyrrole nitrogens is 1. The summed E-state index contributed by atoms with van der Waals surface area (Å²) in [6.45, 7) is 0. The van der Waals surface area contributed by atoms with Crippen molar-refractivity contribution >= 4 is 44.7 Å². The van der Waals surface area contributed by atoms with Gasteiger partial charge in [-0.3, -0.25) is 4.79 Å². The Labute approximate surface area is 195 Å². The van der Waals surface area contributed by atoms with Gasteiger partial charge in [0.15, 0.2) is 0 Å². The zero-order chi connectivity index (χ0) is 24.3. The van der Waals surface area contributed by atoms with E-state index in [1.54, 1.807) is 0 Å². The molecule has 1 aliphatic rings. The number of carboxylic acid groups (broad SMARTS) is 1. The molecule has 1 amide bonds. The Balaban J connectivity index is 0.000000344. The minimum absolute atomic E-state index is 0.0415. The van der Waals surface area contributed by atoms with Gasteiger partial charge in [0.1, 0.15) is 11.3 Å². The third kappa shape index (κ3) is 5.50. The number of halogens is 3. The van der Waals surface area contributed by atoms with Gasteiger partial charge in [-0.1, -0.05) is 23.0 Å². The molecule has 1 fully saturated rings. The number of hydrogen-bond donors (Lipinski definition) is 3. The van der Waals surface area contributed by atoms with Crippen LogP contribution < -0.4 is 5.32 Å². The van der Waals surface area contributed by atoms with E-state index in [1.807, 2.05) is 36.4 Å². The molecular formula is C22H20F3N5O3S. The number of para-hydroxylation sites is 2. The second kappa shape index (κ2) is 9.75. The highest BCUT2D eigenvalue weighted by molar-refractivity contribution is 7.12. The number of amides is 1. The fourth-order valence-electron chi connectivity index (χ4n) is 3.93. The Morgan fingerprint density at radius 3 is 2.62 bits per heavy atom. The van der Waals surface area contributed by atoms with E-state index in [0.29, 0.717) is 11.5 Å². The molecule has 0 spiro atoms. The lowest BCUT2D eigenvalue weighted by Crippen LogP contribution is -2.38. The van der Waals surface area contributed by atoms with Gasteiger partial charge in [-0.05, 0) is 61.1 Å². The van der Waals surface area contributed by atoms with Gasteiger partial charge in [-0.25, -0.2) is 9.78 Å². The first-order valence-corrected chi connectivity index (χ1v) is 11.3. The molecular weight excluding hydrogens is 471 g/mol. The smallest absolute Gasteiger partial charge is 0.475 e. The summed E-state index contributed by atoms with van der Waals surface area (Å²) in [4.78, 5) is 29.8. The van der Waals surface area contributed by atoms with Gasteiger partial charge in [0.05, 0.1) is 15.7 Å². The Hall–Kier alpha value is -3.54. The molecule has 1 saturated carbocycles. The van der Waals surface area contributed by atoms with Crippen molar-refractivity contribution in [1.29, 1.82) is 0 Å². The number of rotatable bonds is 3. The SMILES string of the molecule is O=C(N[C@@H]1CCC[C@H](c2nc3ccccc3[nH]2)C1)c1ccc2snnc2c1.O=C(O)C(F)(F)F. The average Bonchev–Trinajstić information content (AvgIpc) is 3.45. The van der Waals surface area contributed by atoms with E-state index in [2.05, 4.69) is 26.0 Å². The Bertz CT molecular complexity index is 1290. The molecule has 2 atom stereocenters. The van der Waals surface area contributed by atoms with Crippen molar-refractivity contribution in [2.75, 3.05) is 0 Å². The highest BCUT2D eigenvalue weighted by atomic mass is 32.1. The lowest BCUT2D eigenvalue weighted by atomic mass is 9.85. The molecule has 2 aromatic heterocycles. The van der Waals surface area contributed by atoms with Crippen LogP contribution in [0.25, 0.3) is 21.3 Å². The number of carbonyl (C=O) groups excluding carboxylic acids is 1. The normalized spacial score (nSPS) is 18.3. The minimum atomic E-state index is -5.08. The summed E-state index contributed by atoms with van der Waals surface area (Å²) in [6, 6.07) is 13.8. The molecule has 0 bridgehead atoms. The van der Waals surface area contributed by atoms with Crippen molar-refractivity contribution in [3.8, 4) is 0 Å². The van der Waals surface area contributed by atoms with E-state index < -0.39 is 12.1 Å². The van der Waals surface area contributed by atoms with E-state index in [-0.39, 0.29) is 11.9 Å². The van der Waals surface area contributed by atoms with Gasteiger partial charge in [-0.2, -0.15) is 13.2 Å². The molecule has 2 aromatic carbocycles. The van der Waals surface area contributed by atoms with Crippen molar-refractivity contribution in [2.45, 2.75) is 43.8 Å². The summed E-state index contributed by atoms with van der Waals surface area (Å²) in [5, 5.41) is 14.4. The number of alkyl halides is 3. The van der Waals surface area contributed by atoms with E-state index in [0.717, 1.165) is 52.8 Å². The maximum absolute atomic E-state index is 12.7. The average molecular weight is 491 g/mol. The number of carboxylic acids is 1. The van der Waals surface area contributed by atoms with Gasteiger partial charge in [0.2, 0.25) is 0 Å². The maximum Gasteiger partial charge on any atom is 0.490 e. The molecule has 8 nitrogen and oxygen atoms in total. The van der Waals surface area contributed by atoms with Crippen molar-refractivity contribution in [3.63, 3.8) is 0 Å². The number of benzene rings is 2. The molecule has 0 radical (unpaired) electrons. The molecule has 0 unspecified atom stereocenters. The van der Waals surface area contributed by atoms with Crippen LogP contribution in [0.3, 0.4) is 0 Å². The zero-order valence-electron chi connectivity index (χ0n) is 17.7. The fourth-order valence-corrected chi connectivity index (χ4v) is 4.47. The van der Waals surface area contributed by atoms with Crippen molar-refractivity contribution in [2.24, 2.45) is 0 Å². The highest BCUT2D eigenvalue weighted by Crippen LogP contribution is 2.32. The Morgan fingerprint density at radius 2 is 1.88 bits per heavy atom. The zero-order valence-corrected chi connectivity index (χ0v) is 18.5. The van der Waals surface area contributed by atoms with Crippen molar-refractivity contribution in [3.05, 3.63) is 53.9 Å². The third-order valence-corrected chi connectivity index (χ3v) is 6.26. The number of nitrogens with one attached hydrogen (secondary N) is 2. The van der Waals surface area contributed by atoms with Crippen LogP contribution in [0.4, 0.5) is 13.2 Å². The minimum Gasteiger partial charge on any atom is -0.475 e.